The second kappa shape index (κ2) is 6.14. The van der Waals surface area contributed by atoms with Gasteiger partial charge in [0.15, 0.2) is 0 Å². The monoisotopic (exact) mass is 394 g/mol. The molecular weight excluding hydrogens is 384 g/mol. The molecule has 1 aromatic heterocycles. The van der Waals surface area contributed by atoms with Gasteiger partial charge in [0.1, 0.15) is 0 Å². The number of fused-ring (bicyclic) bond motifs is 1. The molecule has 1 heterocycles. The number of carboxylic acid groups (broad SMARTS) is 1. The van der Waals surface area contributed by atoms with E-state index in [0.29, 0.717) is 11.5 Å². The largest absolute Gasteiger partial charge is 0.478 e. The summed E-state index contributed by atoms with van der Waals surface area (Å²) in [5, 5.41) is 15.4. The lowest BCUT2D eigenvalue weighted by atomic mass is 10.1. The SMILES string of the molecule is O=C(O)c1ccccc1-c1noc(-c2ccc3ccc(Br)cc3c2)n1. The van der Waals surface area contributed by atoms with Crippen LogP contribution in [0.3, 0.4) is 0 Å². The van der Waals surface area contributed by atoms with E-state index in [0.717, 1.165) is 20.8 Å². The van der Waals surface area contributed by atoms with Crippen molar-refractivity contribution in [2.75, 3.05) is 0 Å². The summed E-state index contributed by atoms with van der Waals surface area (Å²) in [6.07, 6.45) is 0. The molecule has 0 atom stereocenters. The first-order valence-electron chi connectivity index (χ1n) is 7.48. The van der Waals surface area contributed by atoms with Crippen LogP contribution in [-0.4, -0.2) is 21.2 Å². The molecular formula is C19H11BrN2O3. The Morgan fingerprint density at radius 2 is 1.80 bits per heavy atom. The van der Waals surface area contributed by atoms with E-state index in [1.807, 2.05) is 36.4 Å². The van der Waals surface area contributed by atoms with Gasteiger partial charge in [-0.1, -0.05) is 51.4 Å². The highest BCUT2D eigenvalue weighted by Crippen LogP contribution is 2.28. The van der Waals surface area contributed by atoms with Gasteiger partial charge in [-0.15, -0.1) is 0 Å². The van der Waals surface area contributed by atoms with Crippen LogP contribution in [0.25, 0.3) is 33.6 Å². The molecule has 0 aliphatic rings. The third-order valence-corrected chi connectivity index (χ3v) is 4.37. The molecule has 0 aliphatic heterocycles. The molecule has 25 heavy (non-hydrogen) atoms. The van der Waals surface area contributed by atoms with Crippen molar-refractivity contribution < 1.29 is 14.4 Å². The molecule has 1 N–H and O–H groups in total. The summed E-state index contributed by atoms with van der Waals surface area (Å²) in [5.74, 6) is -0.433. The number of hydrogen-bond donors (Lipinski definition) is 1. The van der Waals surface area contributed by atoms with Gasteiger partial charge in [0.05, 0.1) is 5.56 Å². The van der Waals surface area contributed by atoms with Crippen LogP contribution in [0.15, 0.2) is 69.7 Å². The predicted octanol–water partition coefficient (Wildman–Crippen LogP) is 5.02. The molecule has 0 radical (unpaired) electrons. The van der Waals surface area contributed by atoms with Crippen LogP contribution in [-0.2, 0) is 0 Å². The number of benzene rings is 3. The van der Waals surface area contributed by atoms with E-state index in [9.17, 15) is 9.90 Å². The molecule has 0 saturated carbocycles. The highest BCUT2D eigenvalue weighted by atomic mass is 79.9. The molecule has 5 nitrogen and oxygen atoms in total. The van der Waals surface area contributed by atoms with Crippen molar-refractivity contribution in [3.8, 4) is 22.8 Å². The van der Waals surface area contributed by atoms with E-state index in [2.05, 4.69) is 26.1 Å². The lowest BCUT2D eigenvalue weighted by molar-refractivity contribution is 0.0697. The summed E-state index contributed by atoms with van der Waals surface area (Å²) in [6, 6.07) is 18.4. The zero-order chi connectivity index (χ0) is 17.4. The van der Waals surface area contributed by atoms with Crippen molar-refractivity contribution in [2.45, 2.75) is 0 Å². The van der Waals surface area contributed by atoms with Crippen LogP contribution in [0.2, 0.25) is 0 Å². The Labute approximate surface area is 151 Å². The van der Waals surface area contributed by atoms with E-state index >= 15 is 0 Å². The average Bonchev–Trinajstić information content (AvgIpc) is 3.11. The molecule has 4 rings (SSSR count). The molecule has 122 valence electrons. The maximum atomic E-state index is 11.4. The molecule has 0 saturated heterocycles. The molecule has 0 unspecified atom stereocenters. The molecule has 0 spiro atoms. The minimum atomic E-state index is -1.03. The Balaban J connectivity index is 1.78. The van der Waals surface area contributed by atoms with Gasteiger partial charge < -0.3 is 9.63 Å². The molecule has 4 aromatic rings. The molecule has 0 amide bonds. The van der Waals surface area contributed by atoms with Crippen molar-refractivity contribution in [1.29, 1.82) is 0 Å². The van der Waals surface area contributed by atoms with Crippen molar-refractivity contribution in [2.24, 2.45) is 0 Å². The van der Waals surface area contributed by atoms with Gasteiger partial charge in [-0.2, -0.15) is 4.98 Å². The number of halogens is 1. The molecule has 6 heteroatoms. The minimum absolute atomic E-state index is 0.136. The maximum Gasteiger partial charge on any atom is 0.336 e. The Hall–Kier alpha value is -2.99. The number of aromatic nitrogens is 2. The number of aromatic carboxylic acids is 1. The van der Waals surface area contributed by atoms with Crippen LogP contribution in [0.5, 0.6) is 0 Å². The molecule has 3 aromatic carbocycles. The van der Waals surface area contributed by atoms with Crippen LogP contribution in [0, 0.1) is 0 Å². The van der Waals surface area contributed by atoms with Gasteiger partial charge in [0.25, 0.3) is 5.89 Å². The topological polar surface area (TPSA) is 76.2 Å². The van der Waals surface area contributed by atoms with Gasteiger partial charge in [-0.3, -0.25) is 0 Å². The highest BCUT2D eigenvalue weighted by molar-refractivity contribution is 9.10. The fourth-order valence-corrected chi connectivity index (χ4v) is 3.04. The summed E-state index contributed by atoms with van der Waals surface area (Å²) in [6.45, 7) is 0. The van der Waals surface area contributed by atoms with Crippen molar-refractivity contribution in [3.05, 3.63) is 70.7 Å². The summed E-state index contributed by atoms with van der Waals surface area (Å²) in [7, 11) is 0. The smallest absolute Gasteiger partial charge is 0.336 e. The lowest BCUT2D eigenvalue weighted by Crippen LogP contribution is -1.99. The van der Waals surface area contributed by atoms with Crippen LogP contribution in [0.1, 0.15) is 10.4 Å². The highest BCUT2D eigenvalue weighted by Gasteiger charge is 2.17. The first-order chi connectivity index (χ1) is 12.1. The third kappa shape index (κ3) is 2.92. The lowest BCUT2D eigenvalue weighted by Gasteiger charge is -2.01. The first kappa shape index (κ1) is 15.5. The Morgan fingerprint density at radius 1 is 1.00 bits per heavy atom. The Bertz CT molecular complexity index is 1100. The average molecular weight is 395 g/mol. The van der Waals surface area contributed by atoms with Crippen molar-refractivity contribution in [3.63, 3.8) is 0 Å². The fraction of sp³-hybridized carbons (Fsp3) is 0. The number of rotatable bonds is 3. The normalized spacial score (nSPS) is 10.9. The zero-order valence-corrected chi connectivity index (χ0v) is 14.4. The maximum absolute atomic E-state index is 11.4. The second-order valence-electron chi connectivity index (χ2n) is 5.48. The Kier molecular flexibility index (Phi) is 3.82. The van der Waals surface area contributed by atoms with E-state index < -0.39 is 5.97 Å². The van der Waals surface area contributed by atoms with Gasteiger partial charge in [-0.05, 0) is 41.1 Å². The number of nitrogens with zero attached hydrogens (tertiary/aromatic N) is 2. The molecule has 0 fully saturated rings. The third-order valence-electron chi connectivity index (χ3n) is 3.87. The quantitative estimate of drug-likeness (QED) is 0.527. The van der Waals surface area contributed by atoms with E-state index in [1.165, 1.54) is 6.07 Å². The van der Waals surface area contributed by atoms with E-state index in [4.69, 9.17) is 4.52 Å². The van der Waals surface area contributed by atoms with Gasteiger partial charge in [0, 0.05) is 15.6 Å². The van der Waals surface area contributed by atoms with Crippen LogP contribution >= 0.6 is 15.9 Å². The summed E-state index contributed by atoms with van der Waals surface area (Å²) in [5.41, 5.74) is 1.34. The van der Waals surface area contributed by atoms with Crippen molar-refractivity contribution in [1.82, 2.24) is 10.1 Å². The van der Waals surface area contributed by atoms with Gasteiger partial charge in [0.2, 0.25) is 5.82 Å². The second-order valence-corrected chi connectivity index (χ2v) is 6.40. The van der Waals surface area contributed by atoms with Crippen LogP contribution < -0.4 is 0 Å². The summed E-state index contributed by atoms with van der Waals surface area (Å²) < 4.78 is 6.34. The summed E-state index contributed by atoms with van der Waals surface area (Å²) in [4.78, 5) is 15.7. The fourth-order valence-electron chi connectivity index (χ4n) is 2.67. The summed E-state index contributed by atoms with van der Waals surface area (Å²) >= 11 is 3.46. The zero-order valence-electron chi connectivity index (χ0n) is 12.8. The van der Waals surface area contributed by atoms with E-state index in [1.54, 1.807) is 18.2 Å². The number of hydrogen-bond acceptors (Lipinski definition) is 4. The van der Waals surface area contributed by atoms with Gasteiger partial charge >= 0.3 is 5.97 Å². The predicted molar refractivity (Wildman–Crippen MR) is 97.3 cm³/mol. The number of carbonyl (C=O) groups is 1. The number of carboxylic acids is 1. The van der Waals surface area contributed by atoms with E-state index in [-0.39, 0.29) is 11.4 Å². The standard InChI is InChI=1S/C19H11BrN2O3/c20-14-8-7-11-5-6-12(9-13(11)10-14)18-21-17(22-25-18)15-3-1-2-4-16(15)19(23)24/h1-10H,(H,23,24). The molecule has 0 aliphatic carbocycles. The minimum Gasteiger partial charge on any atom is -0.478 e. The Morgan fingerprint density at radius 3 is 2.64 bits per heavy atom. The first-order valence-corrected chi connectivity index (χ1v) is 8.27. The van der Waals surface area contributed by atoms with Crippen molar-refractivity contribution >= 4 is 32.7 Å². The van der Waals surface area contributed by atoms with Crippen LogP contribution in [0.4, 0.5) is 0 Å². The van der Waals surface area contributed by atoms with Gasteiger partial charge in [-0.25, -0.2) is 4.79 Å². The molecule has 0 bridgehead atoms.